The van der Waals surface area contributed by atoms with E-state index in [2.05, 4.69) is 18.7 Å². The zero-order valence-electron chi connectivity index (χ0n) is 12.5. The highest BCUT2D eigenvalue weighted by Crippen LogP contribution is 2.26. The summed E-state index contributed by atoms with van der Waals surface area (Å²) in [5.41, 5.74) is 6.21. The molecular weight excluding hydrogens is 238 g/mol. The fraction of sp³-hybridized carbons (Fsp3) is 0.933. The van der Waals surface area contributed by atoms with E-state index in [4.69, 9.17) is 5.73 Å². The SMILES string of the molecule is CC(C)N1CCN(C(=O)[C@H](N)C2CCCCC2)CC1. The van der Waals surface area contributed by atoms with Crippen LogP contribution in [0.4, 0.5) is 0 Å². The van der Waals surface area contributed by atoms with Crippen LogP contribution >= 0.6 is 0 Å². The van der Waals surface area contributed by atoms with Crippen molar-refractivity contribution in [3.8, 4) is 0 Å². The molecule has 0 unspecified atom stereocenters. The standard InChI is InChI=1S/C15H29N3O/c1-12(2)17-8-10-18(11-9-17)15(19)14(16)13-6-4-3-5-7-13/h12-14H,3-11,16H2,1-2H3/t14-/m1/s1. The zero-order valence-corrected chi connectivity index (χ0v) is 12.5. The lowest BCUT2D eigenvalue weighted by Crippen LogP contribution is -2.56. The van der Waals surface area contributed by atoms with Crippen LogP contribution in [0.5, 0.6) is 0 Å². The first-order valence-corrected chi connectivity index (χ1v) is 7.88. The molecule has 0 aromatic rings. The fourth-order valence-corrected chi connectivity index (χ4v) is 3.36. The van der Waals surface area contributed by atoms with E-state index in [1.54, 1.807) is 0 Å². The van der Waals surface area contributed by atoms with Gasteiger partial charge in [-0.1, -0.05) is 19.3 Å². The second kappa shape index (κ2) is 6.71. The molecule has 4 heteroatoms. The van der Waals surface area contributed by atoms with Crippen molar-refractivity contribution in [2.24, 2.45) is 11.7 Å². The maximum atomic E-state index is 12.5. The summed E-state index contributed by atoms with van der Waals surface area (Å²) >= 11 is 0. The number of hydrogen-bond acceptors (Lipinski definition) is 3. The van der Waals surface area contributed by atoms with E-state index < -0.39 is 0 Å². The molecule has 1 aliphatic heterocycles. The fourth-order valence-electron chi connectivity index (χ4n) is 3.36. The van der Waals surface area contributed by atoms with Crippen LogP contribution in [0.15, 0.2) is 0 Å². The third kappa shape index (κ3) is 3.69. The predicted octanol–water partition coefficient (Wildman–Crippen LogP) is 1.45. The second-order valence-corrected chi connectivity index (χ2v) is 6.38. The number of hydrogen-bond donors (Lipinski definition) is 1. The molecule has 1 atom stereocenters. The number of nitrogens with two attached hydrogens (primary N) is 1. The Morgan fingerprint density at radius 3 is 2.16 bits per heavy atom. The largest absolute Gasteiger partial charge is 0.339 e. The minimum absolute atomic E-state index is 0.190. The molecule has 1 saturated carbocycles. The number of amides is 1. The maximum Gasteiger partial charge on any atom is 0.239 e. The predicted molar refractivity (Wildman–Crippen MR) is 77.8 cm³/mol. The summed E-state index contributed by atoms with van der Waals surface area (Å²) in [6.45, 7) is 8.09. The molecule has 4 nitrogen and oxygen atoms in total. The summed E-state index contributed by atoms with van der Waals surface area (Å²) in [7, 11) is 0. The molecule has 1 saturated heterocycles. The molecule has 1 aliphatic carbocycles. The molecule has 2 aliphatic rings. The van der Waals surface area contributed by atoms with Crippen molar-refractivity contribution in [3.05, 3.63) is 0 Å². The van der Waals surface area contributed by atoms with Crippen LogP contribution in [0.3, 0.4) is 0 Å². The monoisotopic (exact) mass is 267 g/mol. The van der Waals surface area contributed by atoms with Gasteiger partial charge in [-0.25, -0.2) is 0 Å². The van der Waals surface area contributed by atoms with E-state index in [1.165, 1.54) is 19.3 Å². The van der Waals surface area contributed by atoms with Crippen molar-refractivity contribution >= 4 is 5.91 Å². The normalized spacial score (nSPS) is 24.7. The minimum Gasteiger partial charge on any atom is -0.339 e. The molecule has 2 fully saturated rings. The molecule has 110 valence electrons. The molecule has 0 spiro atoms. The van der Waals surface area contributed by atoms with Gasteiger partial charge in [0, 0.05) is 32.2 Å². The van der Waals surface area contributed by atoms with E-state index >= 15 is 0 Å². The Hall–Kier alpha value is -0.610. The molecule has 1 heterocycles. The Morgan fingerprint density at radius 1 is 1.05 bits per heavy atom. The third-order valence-electron chi connectivity index (χ3n) is 4.80. The first-order chi connectivity index (χ1) is 9.09. The summed E-state index contributed by atoms with van der Waals surface area (Å²) < 4.78 is 0. The number of carbonyl (C=O) groups is 1. The van der Waals surface area contributed by atoms with Crippen LogP contribution in [0.2, 0.25) is 0 Å². The zero-order chi connectivity index (χ0) is 13.8. The van der Waals surface area contributed by atoms with Crippen LogP contribution in [0.25, 0.3) is 0 Å². The van der Waals surface area contributed by atoms with Crippen molar-refractivity contribution in [3.63, 3.8) is 0 Å². The third-order valence-corrected chi connectivity index (χ3v) is 4.80. The summed E-state index contributed by atoms with van der Waals surface area (Å²) in [5.74, 6) is 0.611. The maximum absolute atomic E-state index is 12.5. The van der Waals surface area contributed by atoms with Crippen molar-refractivity contribution in [2.75, 3.05) is 26.2 Å². The van der Waals surface area contributed by atoms with Crippen molar-refractivity contribution < 1.29 is 4.79 Å². The number of nitrogens with zero attached hydrogens (tertiary/aromatic N) is 2. The molecule has 1 amide bonds. The van der Waals surface area contributed by atoms with Crippen molar-refractivity contribution in [1.29, 1.82) is 0 Å². The van der Waals surface area contributed by atoms with E-state index in [1.807, 2.05) is 4.90 Å². The van der Waals surface area contributed by atoms with E-state index in [0.717, 1.165) is 39.0 Å². The highest BCUT2D eigenvalue weighted by atomic mass is 16.2. The molecule has 0 aromatic heterocycles. The smallest absolute Gasteiger partial charge is 0.239 e. The van der Waals surface area contributed by atoms with E-state index in [-0.39, 0.29) is 11.9 Å². The van der Waals surface area contributed by atoms with Gasteiger partial charge in [0.15, 0.2) is 0 Å². The highest BCUT2D eigenvalue weighted by Gasteiger charge is 2.31. The lowest BCUT2D eigenvalue weighted by Gasteiger charge is -2.39. The van der Waals surface area contributed by atoms with E-state index in [9.17, 15) is 4.79 Å². The van der Waals surface area contributed by atoms with Gasteiger partial charge in [-0.05, 0) is 32.6 Å². The average Bonchev–Trinajstić information content (AvgIpc) is 2.46. The van der Waals surface area contributed by atoms with Crippen LogP contribution in [0, 0.1) is 5.92 Å². The second-order valence-electron chi connectivity index (χ2n) is 6.38. The lowest BCUT2D eigenvalue weighted by molar-refractivity contribution is -0.136. The van der Waals surface area contributed by atoms with Gasteiger partial charge >= 0.3 is 0 Å². The summed E-state index contributed by atoms with van der Waals surface area (Å²) in [6, 6.07) is 0.315. The molecule has 19 heavy (non-hydrogen) atoms. The Kier molecular flexibility index (Phi) is 5.22. The summed E-state index contributed by atoms with van der Waals surface area (Å²) in [6.07, 6.45) is 6.07. The van der Waals surface area contributed by atoms with Gasteiger partial charge in [0.05, 0.1) is 6.04 Å². The van der Waals surface area contributed by atoms with Gasteiger partial charge in [-0.15, -0.1) is 0 Å². The number of carbonyl (C=O) groups excluding carboxylic acids is 1. The van der Waals surface area contributed by atoms with Crippen LogP contribution < -0.4 is 5.73 Å². The average molecular weight is 267 g/mol. The molecule has 2 N–H and O–H groups in total. The van der Waals surface area contributed by atoms with Gasteiger partial charge < -0.3 is 10.6 Å². The first kappa shape index (κ1) is 14.8. The molecule has 0 radical (unpaired) electrons. The van der Waals surface area contributed by atoms with Crippen LogP contribution in [-0.2, 0) is 4.79 Å². The molecule has 0 bridgehead atoms. The molecule has 2 rings (SSSR count). The van der Waals surface area contributed by atoms with Crippen molar-refractivity contribution in [1.82, 2.24) is 9.80 Å². The van der Waals surface area contributed by atoms with E-state index in [0.29, 0.717) is 12.0 Å². The van der Waals surface area contributed by atoms with Gasteiger partial charge in [-0.3, -0.25) is 9.69 Å². The van der Waals surface area contributed by atoms with Gasteiger partial charge in [0.25, 0.3) is 0 Å². The number of piperazine rings is 1. The lowest BCUT2D eigenvalue weighted by atomic mass is 9.83. The van der Waals surface area contributed by atoms with Crippen LogP contribution in [-0.4, -0.2) is 54.0 Å². The Morgan fingerprint density at radius 2 is 1.63 bits per heavy atom. The summed E-state index contributed by atoms with van der Waals surface area (Å²) in [5, 5.41) is 0. The minimum atomic E-state index is -0.258. The van der Waals surface area contributed by atoms with Crippen LogP contribution in [0.1, 0.15) is 46.0 Å². The quantitative estimate of drug-likeness (QED) is 0.842. The Bertz CT molecular complexity index is 292. The first-order valence-electron chi connectivity index (χ1n) is 7.88. The molecule has 0 aromatic carbocycles. The summed E-state index contributed by atoms with van der Waals surface area (Å²) in [4.78, 5) is 16.9. The highest BCUT2D eigenvalue weighted by molar-refractivity contribution is 5.82. The van der Waals surface area contributed by atoms with Gasteiger partial charge in [0.1, 0.15) is 0 Å². The van der Waals surface area contributed by atoms with Crippen molar-refractivity contribution in [2.45, 2.75) is 58.0 Å². The van der Waals surface area contributed by atoms with Gasteiger partial charge in [-0.2, -0.15) is 0 Å². The van der Waals surface area contributed by atoms with Gasteiger partial charge in [0.2, 0.25) is 5.91 Å². The topological polar surface area (TPSA) is 49.6 Å². The Labute approximate surface area is 117 Å². The number of rotatable bonds is 3. The molecular formula is C15H29N3O. The Balaban J connectivity index is 1.83.